The van der Waals surface area contributed by atoms with E-state index in [1.54, 1.807) is 33.1 Å². The van der Waals surface area contributed by atoms with Crippen LogP contribution < -0.4 is 4.74 Å². The van der Waals surface area contributed by atoms with Crippen LogP contribution in [-0.4, -0.2) is 12.9 Å². The van der Waals surface area contributed by atoms with Crippen LogP contribution in [0.25, 0.3) is 17.0 Å². The lowest BCUT2D eigenvalue weighted by molar-refractivity contribution is -0.117. The molecule has 0 amide bonds. The third-order valence-corrected chi connectivity index (χ3v) is 2.94. The molecular weight excluding hydrogens is 254 g/mol. The van der Waals surface area contributed by atoms with Crippen molar-refractivity contribution in [1.82, 2.24) is 0 Å². The van der Waals surface area contributed by atoms with Gasteiger partial charge in [-0.05, 0) is 12.1 Å². The number of furan rings is 1. The SMILES string of the molecule is COc1cccc2cc(/C=C(/C#N)C(=O)C(C)C)oc12. The molecule has 20 heavy (non-hydrogen) atoms. The van der Waals surface area contributed by atoms with Crippen molar-refractivity contribution in [2.24, 2.45) is 5.92 Å². The molecule has 0 radical (unpaired) electrons. The summed E-state index contributed by atoms with van der Waals surface area (Å²) < 4.78 is 10.9. The zero-order chi connectivity index (χ0) is 14.7. The van der Waals surface area contributed by atoms with Gasteiger partial charge in [0.15, 0.2) is 17.1 Å². The van der Waals surface area contributed by atoms with E-state index in [-0.39, 0.29) is 17.3 Å². The molecule has 1 heterocycles. The molecule has 0 saturated carbocycles. The highest BCUT2D eigenvalue weighted by atomic mass is 16.5. The molecule has 0 aliphatic carbocycles. The number of carbonyl (C=O) groups is 1. The molecule has 0 spiro atoms. The Morgan fingerprint density at radius 1 is 1.45 bits per heavy atom. The number of ketones is 1. The predicted molar refractivity (Wildman–Crippen MR) is 76.2 cm³/mol. The Hall–Kier alpha value is -2.54. The first-order chi connectivity index (χ1) is 9.56. The van der Waals surface area contributed by atoms with Gasteiger partial charge < -0.3 is 9.15 Å². The summed E-state index contributed by atoms with van der Waals surface area (Å²) in [5.41, 5.74) is 0.702. The van der Waals surface area contributed by atoms with Gasteiger partial charge in [0.25, 0.3) is 0 Å². The van der Waals surface area contributed by atoms with Gasteiger partial charge in [0.05, 0.1) is 12.7 Å². The van der Waals surface area contributed by atoms with Crippen LogP contribution in [-0.2, 0) is 4.79 Å². The monoisotopic (exact) mass is 269 g/mol. The quantitative estimate of drug-likeness (QED) is 0.628. The van der Waals surface area contributed by atoms with Gasteiger partial charge in [-0.2, -0.15) is 5.26 Å². The van der Waals surface area contributed by atoms with Gasteiger partial charge in [0.2, 0.25) is 0 Å². The van der Waals surface area contributed by atoms with Crippen molar-refractivity contribution in [2.75, 3.05) is 7.11 Å². The average Bonchev–Trinajstić information content (AvgIpc) is 2.86. The van der Waals surface area contributed by atoms with Gasteiger partial charge in [-0.15, -0.1) is 0 Å². The maximum Gasteiger partial charge on any atom is 0.176 e. The predicted octanol–water partition coefficient (Wildman–Crippen LogP) is 3.57. The van der Waals surface area contributed by atoms with Crippen LogP contribution in [0.4, 0.5) is 0 Å². The van der Waals surface area contributed by atoms with Gasteiger partial charge in [0.1, 0.15) is 11.8 Å². The van der Waals surface area contributed by atoms with Crippen LogP contribution in [0.3, 0.4) is 0 Å². The largest absolute Gasteiger partial charge is 0.493 e. The molecule has 0 saturated heterocycles. The number of hydrogen-bond acceptors (Lipinski definition) is 4. The van der Waals surface area contributed by atoms with Crippen LogP contribution >= 0.6 is 0 Å². The third kappa shape index (κ3) is 2.57. The molecule has 0 N–H and O–H groups in total. The highest BCUT2D eigenvalue weighted by Gasteiger charge is 2.15. The lowest BCUT2D eigenvalue weighted by atomic mass is 10.0. The second-order valence-electron chi connectivity index (χ2n) is 4.72. The number of ether oxygens (including phenoxy) is 1. The number of allylic oxidation sites excluding steroid dienone is 1. The van der Waals surface area contributed by atoms with Crippen molar-refractivity contribution >= 4 is 22.8 Å². The zero-order valence-corrected chi connectivity index (χ0v) is 11.6. The fraction of sp³-hybridized carbons (Fsp3) is 0.250. The minimum Gasteiger partial charge on any atom is -0.493 e. The van der Waals surface area contributed by atoms with Gasteiger partial charge in [-0.3, -0.25) is 4.79 Å². The van der Waals surface area contributed by atoms with E-state index in [0.29, 0.717) is 17.1 Å². The van der Waals surface area contributed by atoms with Crippen molar-refractivity contribution in [3.63, 3.8) is 0 Å². The number of nitrogens with zero attached hydrogens (tertiary/aromatic N) is 1. The Morgan fingerprint density at radius 2 is 2.20 bits per heavy atom. The van der Waals surface area contributed by atoms with Crippen LogP contribution in [0.5, 0.6) is 5.75 Å². The van der Waals surface area contributed by atoms with E-state index in [9.17, 15) is 4.79 Å². The van der Waals surface area contributed by atoms with E-state index >= 15 is 0 Å². The summed E-state index contributed by atoms with van der Waals surface area (Å²) >= 11 is 0. The highest BCUT2D eigenvalue weighted by Crippen LogP contribution is 2.29. The van der Waals surface area contributed by atoms with Gasteiger partial charge >= 0.3 is 0 Å². The van der Waals surface area contributed by atoms with E-state index in [0.717, 1.165) is 5.39 Å². The molecule has 2 rings (SSSR count). The number of hydrogen-bond donors (Lipinski definition) is 0. The summed E-state index contributed by atoms with van der Waals surface area (Å²) in [6.45, 7) is 3.52. The fourth-order valence-electron chi connectivity index (χ4n) is 1.90. The van der Waals surface area contributed by atoms with E-state index < -0.39 is 0 Å². The van der Waals surface area contributed by atoms with E-state index in [1.807, 2.05) is 18.2 Å². The highest BCUT2D eigenvalue weighted by molar-refractivity contribution is 6.04. The molecule has 1 aromatic carbocycles. The second kappa shape index (κ2) is 5.62. The molecule has 0 fully saturated rings. The Balaban J connectivity index is 2.49. The van der Waals surface area contributed by atoms with Crippen molar-refractivity contribution in [3.8, 4) is 11.8 Å². The summed E-state index contributed by atoms with van der Waals surface area (Å²) in [4.78, 5) is 11.9. The number of benzene rings is 1. The maximum absolute atomic E-state index is 11.9. The van der Waals surface area contributed by atoms with Crippen LogP contribution in [0, 0.1) is 17.2 Å². The Morgan fingerprint density at radius 3 is 2.80 bits per heavy atom. The first-order valence-electron chi connectivity index (χ1n) is 6.29. The lowest BCUT2D eigenvalue weighted by Gasteiger charge is -2.00. The molecule has 4 heteroatoms. The minimum absolute atomic E-state index is 0.0954. The van der Waals surface area contributed by atoms with Crippen molar-refractivity contribution in [3.05, 3.63) is 35.6 Å². The zero-order valence-electron chi connectivity index (χ0n) is 11.6. The molecule has 102 valence electrons. The summed E-state index contributed by atoms with van der Waals surface area (Å²) in [5, 5.41) is 9.94. The minimum atomic E-state index is -0.222. The molecule has 0 bridgehead atoms. The van der Waals surface area contributed by atoms with Gasteiger partial charge in [-0.25, -0.2) is 0 Å². The molecule has 4 nitrogen and oxygen atoms in total. The van der Waals surface area contributed by atoms with Gasteiger partial charge in [-0.1, -0.05) is 26.0 Å². The summed E-state index contributed by atoms with van der Waals surface area (Å²) in [7, 11) is 1.57. The van der Waals surface area contributed by atoms with Crippen LogP contribution in [0.15, 0.2) is 34.3 Å². The van der Waals surface area contributed by atoms with E-state index in [4.69, 9.17) is 14.4 Å². The smallest absolute Gasteiger partial charge is 0.176 e. The Kier molecular flexibility index (Phi) is 3.90. The first-order valence-corrected chi connectivity index (χ1v) is 6.29. The van der Waals surface area contributed by atoms with E-state index in [1.165, 1.54) is 6.08 Å². The summed E-state index contributed by atoms with van der Waals surface area (Å²) in [5.74, 6) is 0.672. The average molecular weight is 269 g/mol. The number of rotatable bonds is 4. The molecule has 0 atom stereocenters. The summed E-state index contributed by atoms with van der Waals surface area (Å²) in [6, 6.07) is 9.24. The molecule has 0 unspecified atom stereocenters. The van der Waals surface area contributed by atoms with Gasteiger partial charge in [0, 0.05) is 17.4 Å². The van der Waals surface area contributed by atoms with Crippen LogP contribution in [0.1, 0.15) is 19.6 Å². The maximum atomic E-state index is 11.9. The molecule has 2 aromatic rings. The molecule has 1 aromatic heterocycles. The van der Waals surface area contributed by atoms with Crippen molar-refractivity contribution in [1.29, 1.82) is 5.26 Å². The standard InChI is InChI=1S/C16H15NO3/c1-10(2)15(18)12(9-17)8-13-7-11-5-4-6-14(19-3)16(11)20-13/h4-8,10H,1-3H3/b12-8-. The van der Waals surface area contributed by atoms with E-state index in [2.05, 4.69) is 0 Å². The normalized spacial score (nSPS) is 11.7. The summed E-state index contributed by atoms with van der Waals surface area (Å²) in [6.07, 6.45) is 1.47. The number of nitriles is 1. The Bertz CT molecular complexity index is 717. The number of methoxy groups -OCH3 is 1. The molecular formula is C16H15NO3. The topological polar surface area (TPSA) is 63.2 Å². The molecule has 0 aliphatic heterocycles. The Labute approximate surface area is 117 Å². The van der Waals surface area contributed by atoms with Crippen molar-refractivity contribution < 1.29 is 13.9 Å². The number of para-hydroxylation sites is 1. The lowest BCUT2D eigenvalue weighted by Crippen LogP contribution is -2.08. The first kappa shape index (κ1) is 13.9. The fourth-order valence-corrected chi connectivity index (χ4v) is 1.90. The van der Waals surface area contributed by atoms with Crippen LogP contribution in [0.2, 0.25) is 0 Å². The van der Waals surface area contributed by atoms with Crippen molar-refractivity contribution in [2.45, 2.75) is 13.8 Å². The number of carbonyl (C=O) groups excluding carboxylic acids is 1. The second-order valence-corrected chi connectivity index (χ2v) is 4.72. The molecule has 0 aliphatic rings. The number of Topliss-reactive ketones (excluding diaryl/α,β-unsaturated/α-hetero) is 1. The third-order valence-electron chi connectivity index (χ3n) is 2.94. The number of fused-ring (bicyclic) bond motifs is 1.